The lowest BCUT2D eigenvalue weighted by Crippen LogP contribution is -2.29. The van der Waals surface area contributed by atoms with E-state index >= 15 is 0 Å². The molecule has 0 radical (unpaired) electrons. The van der Waals surface area contributed by atoms with Gasteiger partial charge in [0, 0.05) is 12.4 Å². The van der Waals surface area contributed by atoms with Crippen molar-refractivity contribution in [1.29, 1.82) is 0 Å². The second-order valence-corrected chi connectivity index (χ2v) is 3.06. The van der Waals surface area contributed by atoms with Crippen LogP contribution in [0, 0.1) is 11.8 Å². The van der Waals surface area contributed by atoms with Crippen molar-refractivity contribution >= 4 is 0 Å². The highest BCUT2D eigenvalue weighted by Crippen LogP contribution is 1.93. The molecule has 1 rings (SSSR count). The average Bonchev–Trinajstić information content (AvgIpc) is 2.02. The van der Waals surface area contributed by atoms with Crippen LogP contribution in [0.4, 0.5) is 0 Å². The lowest BCUT2D eigenvalue weighted by Gasteiger charge is -2.06. The number of aromatic nitrogens is 2. The number of hydrogen-bond donors (Lipinski definition) is 1. The van der Waals surface area contributed by atoms with Gasteiger partial charge in [0.2, 0.25) is 0 Å². The first kappa shape index (κ1) is 8.69. The van der Waals surface area contributed by atoms with Gasteiger partial charge in [-0.2, -0.15) is 0 Å². The van der Waals surface area contributed by atoms with E-state index in [1.54, 1.807) is 18.6 Å². The minimum Gasteiger partial charge on any atom is -0.316 e. The second kappa shape index (κ2) is 3.33. The van der Waals surface area contributed by atoms with Gasteiger partial charge in [0.15, 0.2) is 0 Å². The number of rotatable bonds is 0. The smallest absolute Gasteiger partial charge is 0.131 e. The Kier molecular flexibility index (Phi) is 2.41. The van der Waals surface area contributed by atoms with Gasteiger partial charge in [-0.1, -0.05) is 5.92 Å². The molecule has 62 valence electrons. The van der Waals surface area contributed by atoms with Crippen LogP contribution in [0.15, 0.2) is 18.6 Å². The SMILES string of the molecule is CC(C)(N)C#Cc1cnccn1. The quantitative estimate of drug-likeness (QED) is 0.566. The maximum atomic E-state index is 5.66. The molecule has 0 unspecified atom stereocenters. The Morgan fingerprint density at radius 3 is 2.67 bits per heavy atom. The maximum Gasteiger partial charge on any atom is 0.131 e. The second-order valence-electron chi connectivity index (χ2n) is 3.06. The van der Waals surface area contributed by atoms with Crippen molar-refractivity contribution in [3.8, 4) is 11.8 Å². The monoisotopic (exact) mass is 161 g/mol. The van der Waals surface area contributed by atoms with Gasteiger partial charge in [0.25, 0.3) is 0 Å². The first-order valence-electron chi connectivity index (χ1n) is 3.66. The molecule has 0 spiro atoms. The molecular formula is C9H11N3. The van der Waals surface area contributed by atoms with Crippen molar-refractivity contribution < 1.29 is 0 Å². The van der Waals surface area contributed by atoms with Crippen molar-refractivity contribution in [3.63, 3.8) is 0 Å². The van der Waals surface area contributed by atoms with Gasteiger partial charge >= 0.3 is 0 Å². The van der Waals surface area contributed by atoms with Crippen LogP contribution in [-0.2, 0) is 0 Å². The standard InChI is InChI=1S/C9H11N3/c1-9(2,10)4-3-8-7-11-5-6-12-8/h5-7H,10H2,1-2H3. The Morgan fingerprint density at radius 2 is 2.17 bits per heavy atom. The predicted molar refractivity (Wildman–Crippen MR) is 47.2 cm³/mol. The van der Waals surface area contributed by atoms with E-state index in [0.717, 1.165) is 0 Å². The number of hydrogen-bond acceptors (Lipinski definition) is 3. The van der Waals surface area contributed by atoms with Gasteiger partial charge in [-0.3, -0.25) is 4.98 Å². The molecule has 0 saturated heterocycles. The molecule has 0 saturated carbocycles. The summed E-state index contributed by atoms with van der Waals surface area (Å²) in [5, 5.41) is 0. The third-order valence-corrected chi connectivity index (χ3v) is 1.08. The van der Waals surface area contributed by atoms with Crippen molar-refractivity contribution in [2.24, 2.45) is 5.73 Å². The van der Waals surface area contributed by atoms with Crippen LogP contribution in [0.3, 0.4) is 0 Å². The number of nitrogens with two attached hydrogens (primary N) is 1. The van der Waals surface area contributed by atoms with E-state index in [0.29, 0.717) is 5.69 Å². The van der Waals surface area contributed by atoms with Crippen molar-refractivity contribution in [3.05, 3.63) is 24.3 Å². The van der Waals surface area contributed by atoms with Crippen LogP contribution in [0.25, 0.3) is 0 Å². The summed E-state index contributed by atoms with van der Waals surface area (Å²) in [4.78, 5) is 7.87. The van der Waals surface area contributed by atoms with Gasteiger partial charge in [-0.15, -0.1) is 0 Å². The molecule has 0 fully saturated rings. The molecule has 12 heavy (non-hydrogen) atoms. The third-order valence-electron chi connectivity index (χ3n) is 1.08. The molecule has 2 N–H and O–H groups in total. The molecule has 0 aliphatic heterocycles. The molecule has 3 heteroatoms. The highest BCUT2D eigenvalue weighted by molar-refractivity contribution is 5.28. The van der Waals surface area contributed by atoms with Gasteiger partial charge in [-0.05, 0) is 19.8 Å². The van der Waals surface area contributed by atoms with Crippen LogP contribution in [-0.4, -0.2) is 15.5 Å². The van der Waals surface area contributed by atoms with Crippen LogP contribution < -0.4 is 5.73 Å². The summed E-state index contributed by atoms with van der Waals surface area (Å²) in [5.41, 5.74) is 5.84. The van der Waals surface area contributed by atoms with Crippen molar-refractivity contribution in [2.75, 3.05) is 0 Å². The lowest BCUT2D eigenvalue weighted by atomic mass is 10.1. The maximum absolute atomic E-state index is 5.66. The Labute approximate surface area is 72.0 Å². The minimum absolute atomic E-state index is 0.475. The van der Waals surface area contributed by atoms with Gasteiger partial charge in [-0.25, -0.2) is 4.98 Å². The molecule has 0 bridgehead atoms. The topological polar surface area (TPSA) is 51.8 Å². The van der Waals surface area contributed by atoms with Crippen LogP contribution in [0.1, 0.15) is 19.5 Å². The fraction of sp³-hybridized carbons (Fsp3) is 0.333. The summed E-state index contributed by atoms with van der Waals surface area (Å²) in [7, 11) is 0. The molecule has 0 atom stereocenters. The Hall–Kier alpha value is -1.40. The Bertz CT molecular complexity index is 300. The zero-order chi connectivity index (χ0) is 9.03. The minimum atomic E-state index is -0.475. The van der Waals surface area contributed by atoms with Crippen molar-refractivity contribution in [2.45, 2.75) is 19.4 Å². The predicted octanol–water partition coefficient (Wildman–Crippen LogP) is 0.565. The summed E-state index contributed by atoms with van der Waals surface area (Å²) < 4.78 is 0. The normalized spacial score (nSPS) is 10.2. The summed E-state index contributed by atoms with van der Waals surface area (Å²) in [6.45, 7) is 3.69. The molecule has 0 aromatic carbocycles. The van der Waals surface area contributed by atoms with Crippen LogP contribution >= 0.6 is 0 Å². The first-order valence-corrected chi connectivity index (χ1v) is 3.66. The van der Waals surface area contributed by atoms with Gasteiger partial charge in [0.05, 0.1) is 11.7 Å². The number of nitrogens with zero attached hydrogens (tertiary/aromatic N) is 2. The molecule has 1 heterocycles. The summed E-state index contributed by atoms with van der Waals surface area (Å²) in [6.07, 6.45) is 4.82. The van der Waals surface area contributed by atoms with E-state index < -0.39 is 5.54 Å². The van der Waals surface area contributed by atoms with Gasteiger partial charge in [0.1, 0.15) is 5.69 Å². The van der Waals surface area contributed by atoms with E-state index in [1.165, 1.54) is 0 Å². The molecule has 0 amide bonds. The highest BCUT2D eigenvalue weighted by Gasteiger charge is 2.03. The fourth-order valence-electron chi connectivity index (χ4n) is 0.589. The van der Waals surface area contributed by atoms with E-state index in [-0.39, 0.29) is 0 Å². The first-order chi connectivity index (χ1) is 5.58. The molecule has 1 aromatic heterocycles. The fourth-order valence-corrected chi connectivity index (χ4v) is 0.589. The molecule has 0 aliphatic carbocycles. The van der Waals surface area contributed by atoms with Crippen LogP contribution in [0.2, 0.25) is 0 Å². The molecular weight excluding hydrogens is 150 g/mol. The molecule has 3 nitrogen and oxygen atoms in total. The lowest BCUT2D eigenvalue weighted by molar-refractivity contribution is 0.680. The zero-order valence-electron chi connectivity index (χ0n) is 7.20. The average molecular weight is 161 g/mol. The zero-order valence-corrected chi connectivity index (χ0v) is 7.20. The highest BCUT2D eigenvalue weighted by atomic mass is 14.8. The van der Waals surface area contributed by atoms with Crippen molar-refractivity contribution in [1.82, 2.24) is 9.97 Å². The van der Waals surface area contributed by atoms with E-state index in [9.17, 15) is 0 Å². The van der Waals surface area contributed by atoms with E-state index in [4.69, 9.17) is 5.73 Å². The third kappa shape index (κ3) is 3.13. The van der Waals surface area contributed by atoms with Crippen LogP contribution in [0.5, 0.6) is 0 Å². The molecule has 1 aromatic rings. The summed E-state index contributed by atoms with van der Waals surface area (Å²) in [6, 6.07) is 0. The molecule has 0 aliphatic rings. The van der Waals surface area contributed by atoms with Gasteiger partial charge < -0.3 is 5.73 Å². The largest absolute Gasteiger partial charge is 0.316 e. The van der Waals surface area contributed by atoms with E-state index in [2.05, 4.69) is 21.8 Å². The Balaban J connectivity index is 2.81. The summed E-state index contributed by atoms with van der Waals surface area (Å²) >= 11 is 0. The Morgan fingerprint density at radius 1 is 1.42 bits per heavy atom. The van der Waals surface area contributed by atoms with E-state index in [1.807, 2.05) is 13.8 Å². The summed E-state index contributed by atoms with van der Waals surface area (Å²) in [5.74, 6) is 5.70.